The van der Waals surface area contributed by atoms with Crippen molar-refractivity contribution in [1.29, 1.82) is 0 Å². The minimum absolute atomic E-state index is 0.278. The van der Waals surface area contributed by atoms with E-state index in [1.807, 2.05) is 95.9 Å². The molecular formula is C81H51F8NO2. The van der Waals surface area contributed by atoms with Gasteiger partial charge in [-0.05, 0) is 168 Å². The van der Waals surface area contributed by atoms with E-state index in [-0.39, 0.29) is 11.1 Å². The first-order chi connectivity index (χ1) is 44.6. The summed E-state index contributed by atoms with van der Waals surface area (Å²) >= 11 is 0. The van der Waals surface area contributed by atoms with Crippen LogP contribution in [-0.2, 0) is 16.2 Å². The molecule has 0 saturated carbocycles. The Labute approximate surface area is 525 Å². The summed E-state index contributed by atoms with van der Waals surface area (Å²) in [5.74, 6) is -11.6. The van der Waals surface area contributed by atoms with Gasteiger partial charge in [0.15, 0.2) is 34.9 Å². The molecule has 3 aliphatic carbocycles. The van der Waals surface area contributed by atoms with Gasteiger partial charge in [0, 0.05) is 40.0 Å². The van der Waals surface area contributed by atoms with E-state index in [9.17, 15) is 0 Å². The molecule has 0 saturated heterocycles. The van der Waals surface area contributed by atoms with Crippen LogP contribution in [0.5, 0.6) is 23.0 Å². The highest BCUT2D eigenvalue weighted by Crippen LogP contribution is 2.63. The number of anilines is 3. The lowest BCUT2D eigenvalue weighted by molar-refractivity contribution is 0.416. The topological polar surface area (TPSA) is 21.7 Å². The molecule has 92 heavy (non-hydrogen) atoms. The van der Waals surface area contributed by atoms with Crippen LogP contribution in [0.1, 0.15) is 80.6 Å². The first kappa shape index (κ1) is 57.4. The maximum absolute atomic E-state index is 17.5. The molecule has 0 N–H and O–H groups in total. The van der Waals surface area contributed by atoms with Crippen molar-refractivity contribution in [2.75, 3.05) is 4.90 Å². The molecule has 12 aromatic rings. The molecule has 0 heterocycles. The van der Waals surface area contributed by atoms with Crippen LogP contribution in [0.2, 0.25) is 0 Å². The third-order valence-electron chi connectivity index (χ3n) is 18.6. The predicted octanol–water partition coefficient (Wildman–Crippen LogP) is 22.2. The smallest absolute Gasteiger partial charge is 0.194 e. The lowest BCUT2D eigenvalue weighted by atomic mass is 9.67. The average Bonchev–Trinajstić information content (AvgIpc) is 1.59. The summed E-state index contributed by atoms with van der Waals surface area (Å²) in [4.78, 5) is 1.97. The van der Waals surface area contributed by atoms with E-state index in [1.165, 1.54) is 0 Å². The van der Waals surface area contributed by atoms with Gasteiger partial charge in [0.2, 0.25) is 0 Å². The van der Waals surface area contributed by atoms with Gasteiger partial charge < -0.3 is 14.4 Å². The maximum Gasteiger partial charge on any atom is 0.194 e. The van der Waals surface area contributed by atoms with Gasteiger partial charge in [-0.15, -0.1) is 0 Å². The molecule has 0 spiro atoms. The molecule has 448 valence electrons. The van der Waals surface area contributed by atoms with Gasteiger partial charge in [-0.25, -0.2) is 35.1 Å². The molecule has 12 aromatic carbocycles. The molecule has 3 nitrogen and oxygen atoms in total. The van der Waals surface area contributed by atoms with Gasteiger partial charge in [-0.2, -0.15) is 0 Å². The van der Waals surface area contributed by atoms with E-state index in [2.05, 4.69) is 39.1 Å². The second kappa shape index (κ2) is 21.6. The van der Waals surface area contributed by atoms with Gasteiger partial charge in [0.1, 0.15) is 34.6 Å². The summed E-state index contributed by atoms with van der Waals surface area (Å²) in [6, 6.07) is 67.4. The van der Waals surface area contributed by atoms with E-state index in [0.717, 1.165) is 33.4 Å². The fourth-order valence-corrected chi connectivity index (χ4v) is 14.7. The zero-order valence-corrected chi connectivity index (χ0v) is 49.4. The van der Waals surface area contributed by atoms with Crippen molar-refractivity contribution in [2.45, 2.75) is 30.1 Å². The Balaban J connectivity index is 1.00. The average molecular weight is 1220 g/mol. The maximum atomic E-state index is 17.5. The monoisotopic (exact) mass is 1220 g/mol. The van der Waals surface area contributed by atoms with Gasteiger partial charge in [-0.3, -0.25) is 0 Å². The van der Waals surface area contributed by atoms with Crippen molar-refractivity contribution in [3.8, 4) is 56.4 Å². The normalized spacial score (nSPS) is 16.0. The van der Waals surface area contributed by atoms with Gasteiger partial charge >= 0.3 is 0 Å². The summed E-state index contributed by atoms with van der Waals surface area (Å²) in [5.41, 5.74) is 4.70. The lowest BCUT2D eigenvalue weighted by Crippen LogP contribution is -2.32. The van der Waals surface area contributed by atoms with Crippen molar-refractivity contribution in [2.24, 2.45) is 0 Å². The second-order valence-corrected chi connectivity index (χ2v) is 23.7. The summed E-state index contributed by atoms with van der Waals surface area (Å²) in [6.45, 7) is 11.9. The Hall–Kier alpha value is -11.0. The third-order valence-corrected chi connectivity index (χ3v) is 18.6. The van der Waals surface area contributed by atoms with Crippen LogP contribution in [0, 0.1) is 46.5 Å². The van der Waals surface area contributed by atoms with Crippen molar-refractivity contribution in [3.63, 3.8) is 0 Å². The first-order valence-corrected chi connectivity index (χ1v) is 29.8. The number of benzene rings is 12. The summed E-state index contributed by atoms with van der Waals surface area (Å²) in [5, 5.41) is 0. The highest BCUT2D eigenvalue weighted by molar-refractivity contribution is 5.95. The van der Waals surface area contributed by atoms with E-state index in [4.69, 9.17) is 9.47 Å². The lowest BCUT2D eigenvalue weighted by Gasteiger charge is -2.37. The quantitative estimate of drug-likeness (QED) is 0.0652. The number of ether oxygens (including phenoxy) is 2. The Bertz CT molecular complexity index is 4780. The van der Waals surface area contributed by atoms with E-state index >= 15 is 35.1 Å². The standard InChI is InChI=1S/C81H51F8NO2/c1-5-46-22-32-52(33-23-46)91-54-36-26-48(27-37-54)80(73-67(82)44-69(84)75(86)77(73)88)63-19-11-8-14-56(63)59-40-30-50(42-65(59)80)90(71-21-13-17-61-58-16-7-10-18-62(58)79(3,4)72(61)71)51-31-41-60-57-15-9-12-20-64(57)81(66(60)43-51,74-68(83)45-70(85)76(87)78(74)89)49-28-38-55(39-29-49)92-53-34-24-47(6-2)25-35-53/h5-45H,1-2H2,3-4H3. The van der Waals surface area contributed by atoms with Crippen LogP contribution in [0.3, 0.4) is 0 Å². The second-order valence-electron chi connectivity index (χ2n) is 23.7. The molecule has 0 radical (unpaired) electrons. The van der Waals surface area contributed by atoms with Crippen LogP contribution < -0.4 is 14.4 Å². The molecule has 0 amide bonds. The SMILES string of the molecule is C=Cc1ccc(Oc2ccc(C3(c4c(F)cc(F)c(F)c4F)c4ccccc4-c4ccc(N(c5ccc6c(c5)C(c5ccc(Oc7ccc(C=C)cc7)cc5)(c5c(F)cc(F)c(F)c5F)c5ccccc5-6)c5cccc6c5C(C)(C)c5ccccc5-6)cc43)cc2)cc1. The van der Waals surface area contributed by atoms with Crippen molar-refractivity contribution in [1.82, 2.24) is 0 Å². The van der Waals surface area contributed by atoms with Crippen LogP contribution in [0.25, 0.3) is 45.5 Å². The first-order valence-electron chi connectivity index (χ1n) is 29.8. The Morgan fingerprint density at radius 2 is 0.685 bits per heavy atom. The van der Waals surface area contributed by atoms with Gasteiger partial charge in [-0.1, -0.05) is 185 Å². The van der Waals surface area contributed by atoms with Gasteiger partial charge in [0.05, 0.1) is 16.5 Å². The van der Waals surface area contributed by atoms with Crippen LogP contribution >= 0.6 is 0 Å². The summed E-state index contributed by atoms with van der Waals surface area (Å²) < 4.78 is 146. The van der Waals surface area contributed by atoms with Crippen molar-refractivity contribution in [3.05, 3.63) is 363 Å². The molecule has 3 aliphatic rings. The van der Waals surface area contributed by atoms with Crippen LogP contribution in [-0.4, -0.2) is 0 Å². The number of hydrogen-bond acceptors (Lipinski definition) is 3. The highest BCUT2D eigenvalue weighted by atomic mass is 19.2. The zero-order chi connectivity index (χ0) is 63.5. The molecule has 0 fully saturated rings. The number of hydrogen-bond donors (Lipinski definition) is 0. The Morgan fingerprint density at radius 3 is 1.10 bits per heavy atom. The fraction of sp³-hybridized carbons (Fsp3) is 0.0617. The molecule has 0 bridgehead atoms. The van der Waals surface area contributed by atoms with Crippen molar-refractivity contribution < 1.29 is 44.6 Å². The van der Waals surface area contributed by atoms with Crippen LogP contribution in [0.15, 0.2) is 250 Å². The molecule has 0 aliphatic heterocycles. The summed E-state index contributed by atoms with van der Waals surface area (Å²) in [6.07, 6.45) is 3.40. The molecular weight excluding hydrogens is 1170 g/mol. The van der Waals surface area contributed by atoms with Gasteiger partial charge in [0.25, 0.3) is 0 Å². The Kier molecular flexibility index (Phi) is 13.5. The van der Waals surface area contributed by atoms with E-state index in [0.29, 0.717) is 96.7 Å². The Morgan fingerprint density at radius 1 is 0.326 bits per heavy atom. The molecule has 11 heteroatoms. The zero-order valence-electron chi connectivity index (χ0n) is 49.4. The minimum Gasteiger partial charge on any atom is -0.457 e. The van der Waals surface area contributed by atoms with E-state index in [1.54, 1.807) is 133 Å². The van der Waals surface area contributed by atoms with Crippen molar-refractivity contribution >= 4 is 29.2 Å². The fourth-order valence-electron chi connectivity index (χ4n) is 14.7. The minimum atomic E-state index is -2.05. The number of nitrogens with zero attached hydrogens (tertiary/aromatic N) is 1. The largest absolute Gasteiger partial charge is 0.457 e. The third kappa shape index (κ3) is 8.48. The molecule has 2 unspecified atom stereocenters. The molecule has 2 atom stereocenters. The predicted molar refractivity (Wildman–Crippen MR) is 346 cm³/mol. The number of halogens is 8. The summed E-state index contributed by atoms with van der Waals surface area (Å²) in [7, 11) is 0. The highest BCUT2D eigenvalue weighted by Gasteiger charge is 2.53. The molecule has 15 rings (SSSR count). The van der Waals surface area contributed by atoms with Crippen LogP contribution in [0.4, 0.5) is 52.2 Å². The molecule has 0 aromatic heterocycles. The number of fused-ring (bicyclic) bond motifs is 9. The number of rotatable bonds is 13. The van der Waals surface area contributed by atoms with E-state index < -0.39 is 73.9 Å².